The topological polar surface area (TPSA) is 38.9 Å². The molecule has 2 nitrogen and oxygen atoms in total. The van der Waals surface area contributed by atoms with Gasteiger partial charge in [-0.05, 0) is 18.6 Å². The number of pyridine rings is 1. The minimum atomic E-state index is -4.41. The number of aromatic nitrogens is 1. The van der Waals surface area contributed by atoms with Crippen LogP contribution < -0.4 is 5.73 Å². The molecule has 0 spiro atoms. The fraction of sp³-hybridized carbons (Fsp3) is 0.286. The smallest absolute Gasteiger partial charge is 0.383 e. The molecule has 0 aromatic carbocycles. The number of hydrogen-bond donors (Lipinski definition) is 1. The zero-order chi connectivity index (χ0) is 9.35. The summed E-state index contributed by atoms with van der Waals surface area (Å²) in [7, 11) is 0. The second-order valence-corrected chi connectivity index (χ2v) is 2.40. The van der Waals surface area contributed by atoms with Crippen molar-refractivity contribution in [2.75, 3.05) is 5.73 Å². The number of nitrogens with zero attached hydrogens (tertiary/aromatic N) is 1. The van der Waals surface area contributed by atoms with Crippen LogP contribution in [0.4, 0.5) is 19.0 Å². The van der Waals surface area contributed by atoms with E-state index in [-0.39, 0.29) is 18.2 Å². The van der Waals surface area contributed by atoms with Gasteiger partial charge >= 0.3 is 6.18 Å². The standard InChI is InChI=1S/C7H7F3N2.ClH/c1-4-2-3-5(7(8,9)10)12-6(4)11;/h2-3H,1H3,(H2,11,12);1H. The third-order valence-corrected chi connectivity index (χ3v) is 1.43. The van der Waals surface area contributed by atoms with Gasteiger partial charge in [-0.25, -0.2) is 4.98 Å². The molecule has 13 heavy (non-hydrogen) atoms. The number of alkyl halides is 3. The summed E-state index contributed by atoms with van der Waals surface area (Å²) in [5.41, 5.74) is 4.80. The third-order valence-electron chi connectivity index (χ3n) is 1.43. The molecule has 0 bridgehead atoms. The van der Waals surface area contributed by atoms with Crippen LogP contribution in [0.25, 0.3) is 0 Å². The Hall–Kier alpha value is -0.970. The van der Waals surface area contributed by atoms with Crippen LogP contribution >= 0.6 is 12.4 Å². The van der Waals surface area contributed by atoms with E-state index in [2.05, 4.69) is 4.98 Å². The molecule has 0 saturated carbocycles. The molecule has 0 radical (unpaired) electrons. The van der Waals surface area contributed by atoms with Gasteiger partial charge in [-0.1, -0.05) is 6.07 Å². The third kappa shape index (κ3) is 2.77. The first kappa shape index (κ1) is 12.0. The zero-order valence-corrected chi connectivity index (χ0v) is 7.54. The lowest BCUT2D eigenvalue weighted by Crippen LogP contribution is -2.09. The first-order valence-electron chi connectivity index (χ1n) is 3.21. The molecule has 1 aromatic rings. The first-order chi connectivity index (χ1) is 5.41. The summed E-state index contributed by atoms with van der Waals surface area (Å²) in [4.78, 5) is 3.20. The van der Waals surface area contributed by atoms with Crippen molar-refractivity contribution < 1.29 is 13.2 Å². The van der Waals surface area contributed by atoms with Crippen molar-refractivity contribution in [2.45, 2.75) is 13.1 Å². The Bertz CT molecular complexity index is 298. The highest BCUT2D eigenvalue weighted by Gasteiger charge is 2.32. The van der Waals surface area contributed by atoms with Crippen LogP contribution in [-0.4, -0.2) is 4.98 Å². The van der Waals surface area contributed by atoms with E-state index >= 15 is 0 Å². The molecule has 1 rings (SSSR count). The van der Waals surface area contributed by atoms with Crippen LogP contribution in [-0.2, 0) is 6.18 Å². The Labute approximate surface area is 79.4 Å². The number of aryl methyl sites for hydroxylation is 1. The Morgan fingerprint density at radius 3 is 2.23 bits per heavy atom. The van der Waals surface area contributed by atoms with E-state index in [4.69, 9.17) is 5.73 Å². The molecule has 74 valence electrons. The van der Waals surface area contributed by atoms with Gasteiger partial charge in [-0.2, -0.15) is 13.2 Å². The van der Waals surface area contributed by atoms with E-state index in [1.54, 1.807) is 6.92 Å². The molecule has 6 heteroatoms. The monoisotopic (exact) mass is 212 g/mol. The zero-order valence-electron chi connectivity index (χ0n) is 6.72. The first-order valence-corrected chi connectivity index (χ1v) is 3.21. The largest absolute Gasteiger partial charge is 0.433 e. The molecular formula is C7H8ClF3N2. The summed E-state index contributed by atoms with van der Waals surface area (Å²) >= 11 is 0. The normalized spacial score (nSPS) is 10.8. The number of nitrogens with two attached hydrogens (primary N) is 1. The van der Waals surface area contributed by atoms with E-state index < -0.39 is 11.9 Å². The highest BCUT2D eigenvalue weighted by Crippen LogP contribution is 2.28. The second-order valence-electron chi connectivity index (χ2n) is 2.40. The minimum absolute atomic E-state index is 0. The Kier molecular flexibility index (Phi) is 3.54. The molecular weight excluding hydrogens is 205 g/mol. The van der Waals surface area contributed by atoms with Crippen molar-refractivity contribution in [1.29, 1.82) is 0 Å². The van der Waals surface area contributed by atoms with E-state index in [0.29, 0.717) is 5.56 Å². The summed E-state index contributed by atoms with van der Waals surface area (Å²) in [6.45, 7) is 1.60. The van der Waals surface area contributed by atoms with Crippen molar-refractivity contribution in [3.05, 3.63) is 23.4 Å². The van der Waals surface area contributed by atoms with Crippen LogP contribution in [0.15, 0.2) is 12.1 Å². The summed E-state index contributed by atoms with van der Waals surface area (Å²) in [5, 5.41) is 0. The maximum absolute atomic E-state index is 12.0. The molecule has 0 fully saturated rings. The minimum Gasteiger partial charge on any atom is -0.383 e. The van der Waals surface area contributed by atoms with Gasteiger partial charge in [0.2, 0.25) is 0 Å². The van der Waals surface area contributed by atoms with Gasteiger partial charge in [0.05, 0.1) is 0 Å². The van der Waals surface area contributed by atoms with Crippen molar-refractivity contribution in [3.63, 3.8) is 0 Å². The summed E-state index contributed by atoms with van der Waals surface area (Å²) in [5.74, 6) is -0.0789. The fourth-order valence-electron chi connectivity index (χ4n) is 0.702. The molecule has 1 heterocycles. The van der Waals surface area contributed by atoms with E-state index in [9.17, 15) is 13.2 Å². The fourth-order valence-corrected chi connectivity index (χ4v) is 0.702. The molecule has 0 aliphatic heterocycles. The van der Waals surface area contributed by atoms with Gasteiger partial charge in [0, 0.05) is 0 Å². The van der Waals surface area contributed by atoms with Gasteiger partial charge in [-0.3, -0.25) is 0 Å². The van der Waals surface area contributed by atoms with Crippen LogP contribution in [0, 0.1) is 6.92 Å². The summed E-state index contributed by atoms with van der Waals surface area (Å²) < 4.78 is 35.9. The Morgan fingerprint density at radius 1 is 1.31 bits per heavy atom. The Morgan fingerprint density at radius 2 is 1.85 bits per heavy atom. The van der Waals surface area contributed by atoms with Gasteiger partial charge in [-0.15, -0.1) is 12.4 Å². The van der Waals surface area contributed by atoms with Gasteiger partial charge in [0.15, 0.2) is 0 Å². The molecule has 1 aromatic heterocycles. The average Bonchev–Trinajstić information content (AvgIpc) is 1.92. The molecule has 0 unspecified atom stereocenters. The predicted molar refractivity (Wildman–Crippen MR) is 45.6 cm³/mol. The molecule has 0 aliphatic rings. The van der Waals surface area contributed by atoms with E-state index in [1.165, 1.54) is 6.07 Å². The maximum Gasteiger partial charge on any atom is 0.433 e. The lowest BCUT2D eigenvalue weighted by atomic mass is 10.2. The van der Waals surface area contributed by atoms with E-state index in [0.717, 1.165) is 6.07 Å². The van der Waals surface area contributed by atoms with Crippen molar-refractivity contribution in [3.8, 4) is 0 Å². The van der Waals surface area contributed by atoms with Crippen LogP contribution in [0.1, 0.15) is 11.3 Å². The highest BCUT2D eigenvalue weighted by atomic mass is 35.5. The van der Waals surface area contributed by atoms with Crippen molar-refractivity contribution in [1.82, 2.24) is 4.98 Å². The number of halogens is 4. The average molecular weight is 213 g/mol. The second kappa shape index (κ2) is 3.83. The van der Waals surface area contributed by atoms with Crippen LogP contribution in [0.3, 0.4) is 0 Å². The van der Waals surface area contributed by atoms with Crippen LogP contribution in [0.5, 0.6) is 0 Å². The number of anilines is 1. The lowest BCUT2D eigenvalue weighted by molar-refractivity contribution is -0.141. The number of rotatable bonds is 0. The van der Waals surface area contributed by atoms with Crippen molar-refractivity contribution >= 4 is 18.2 Å². The summed E-state index contributed by atoms with van der Waals surface area (Å²) in [6, 6.07) is 2.21. The quantitative estimate of drug-likeness (QED) is 0.717. The van der Waals surface area contributed by atoms with Gasteiger partial charge in [0.1, 0.15) is 11.5 Å². The van der Waals surface area contributed by atoms with Gasteiger partial charge in [0.25, 0.3) is 0 Å². The number of hydrogen-bond acceptors (Lipinski definition) is 2. The molecule has 0 saturated heterocycles. The number of nitrogen functional groups attached to an aromatic ring is 1. The molecule has 0 amide bonds. The maximum atomic E-state index is 12.0. The van der Waals surface area contributed by atoms with Crippen LogP contribution in [0.2, 0.25) is 0 Å². The van der Waals surface area contributed by atoms with Gasteiger partial charge < -0.3 is 5.73 Å². The highest BCUT2D eigenvalue weighted by molar-refractivity contribution is 5.85. The predicted octanol–water partition coefficient (Wildman–Crippen LogP) is 2.41. The van der Waals surface area contributed by atoms with Crippen molar-refractivity contribution in [2.24, 2.45) is 0 Å². The Balaban J connectivity index is 0.00000144. The lowest BCUT2D eigenvalue weighted by Gasteiger charge is -2.06. The molecule has 0 atom stereocenters. The molecule has 0 aliphatic carbocycles. The van der Waals surface area contributed by atoms with E-state index in [1.807, 2.05) is 0 Å². The molecule has 2 N–H and O–H groups in total. The SMILES string of the molecule is Cc1ccc(C(F)(F)F)nc1N.Cl. The summed E-state index contributed by atoms with van der Waals surface area (Å²) in [6.07, 6.45) is -4.41.